The van der Waals surface area contributed by atoms with Crippen molar-refractivity contribution < 1.29 is 24.9 Å². The van der Waals surface area contributed by atoms with E-state index in [1.807, 2.05) is 6.07 Å². The van der Waals surface area contributed by atoms with Gasteiger partial charge >= 0.3 is 5.97 Å². The predicted molar refractivity (Wildman–Crippen MR) is 87.7 cm³/mol. The van der Waals surface area contributed by atoms with E-state index in [0.29, 0.717) is 16.2 Å². The lowest BCUT2D eigenvalue weighted by Gasteiger charge is -2.05. The molecule has 2 rings (SSSR count). The van der Waals surface area contributed by atoms with Gasteiger partial charge in [-0.15, -0.1) is 0 Å². The number of carbonyl (C=O) groups is 1. The first kappa shape index (κ1) is 19.6. The summed E-state index contributed by atoms with van der Waals surface area (Å²) in [5, 5.41) is 26.1. The van der Waals surface area contributed by atoms with Gasteiger partial charge in [-0.2, -0.15) is 0 Å². The molecular weight excluding hydrogens is 302 g/mol. The molecule has 2 aromatic carbocycles. The molecule has 0 radical (unpaired) electrons. The van der Waals surface area contributed by atoms with Gasteiger partial charge in [-0.25, -0.2) is 0 Å². The molecule has 0 spiro atoms. The number of rotatable bonds is 3. The number of benzene rings is 2. The predicted octanol–water partition coefficient (Wildman–Crippen LogP) is -0.00210. The maximum Gasteiger partial charge on any atom is 0.320 e. The van der Waals surface area contributed by atoms with Crippen LogP contribution in [0.25, 0.3) is 0 Å². The number of aliphatic carboxylic acids is 1. The lowest BCUT2D eigenvalue weighted by molar-refractivity contribution is -0.138. The summed E-state index contributed by atoms with van der Waals surface area (Å²) in [5.74, 6) is -0.539. The summed E-state index contributed by atoms with van der Waals surface area (Å²) >= 11 is 0. The Morgan fingerprint density at radius 2 is 1.41 bits per heavy atom. The van der Waals surface area contributed by atoms with Crippen molar-refractivity contribution in [2.75, 3.05) is 0 Å². The van der Waals surface area contributed by atoms with Gasteiger partial charge in [0.05, 0.1) is 0 Å². The van der Waals surface area contributed by atoms with E-state index in [4.69, 9.17) is 25.8 Å². The average molecular weight is 323 g/mol. The normalized spacial score (nSPS) is 10.5. The fraction of sp³-hybridized carbons (Fsp3) is 0.133. The summed E-state index contributed by atoms with van der Waals surface area (Å²) in [6.07, 6.45) is 0.273. The van der Waals surface area contributed by atoms with Crippen LogP contribution in [0, 0.1) is 0 Å². The smallest absolute Gasteiger partial charge is 0.320 e. The van der Waals surface area contributed by atoms with E-state index in [0.717, 1.165) is 5.56 Å². The van der Waals surface area contributed by atoms with Crippen LogP contribution in [0.1, 0.15) is 5.56 Å². The SMILES string of the molecule is NC(Cc1ccc(O)cc1)C(=O)O.O[SiH3].Oc1ccccc1. The standard InChI is InChI=1S/C9H11NO3.C6H6O.H4OSi/c10-8(9(12)13)5-6-1-3-7(11)4-2-6;7-6-4-2-1-3-5-6;1-2/h1-4,8,11H,5,10H2,(H,12,13);1-5,7H;1H,2H3. The van der Waals surface area contributed by atoms with Gasteiger partial charge in [0.1, 0.15) is 28.0 Å². The van der Waals surface area contributed by atoms with Crippen LogP contribution in [-0.4, -0.2) is 42.6 Å². The molecule has 120 valence electrons. The number of hydrogen-bond acceptors (Lipinski definition) is 5. The molecular formula is C15H21NO5Si. The third-order valence-corrected chi connectivity index (χ3v) is 2.47. The van der Waals surface area contributed by atoms with E-state index in [-0.39, 0.29) is 12.2 Å². The molecule has 0 fully saturated rings. The van der Waals surface area contributed by atoms with Gasteiger partial charge in [0.25, 0.3) is 0 Å². The molecule has 22 heavy (non-hydrogen) atoms. The lowest BCUT2D eigenvalue weighted by Crippen LogP contribution is -2.32. The van der Waals surface area contributed by atoms with Crippen LogP contribution < -0.4 is 5.73 Å². The molecule has 0 bridgehead atoms. The summed E-state index contributed by atoms with van der Waals surface area (Å²) in [7, 11) is 0.306. The minimum atomic E-state index is -1.02. The molecule has 0 aliphatic carbocycles. The Bertz CT molecular complexity index is 533. The average Bonchev–Trinajstić information content (AvgIpc) is 2.53. The Kier molecular flexibility index (Phi) is 10.1. The summed E-state index contributed by atoms with van der Waals surface area (Å²) < 4.78 is 0. The Labute approximate surface area is 132 Å². The van der Waals surface area contributed by atoms with Crippen molar-refractivity contribution >= 4 is 16.5 Å². The minimum absolute atomic E-state index is 0.160. The van der Waals surface area contributed by atoms with Crippen molar-refractivity contribution in [2.45, 2.75) is 12.5 Å². The number of phenols is 2. The Balaban J connectivity index is 0.000000412. The van der Waals surface area contributed by atoms with Crippen LogP contribution in [0.4, 0.5) is 0 Å². The van der Waals surface area contributed by atoms with Crippen molar-refractivity contribution in [3.05, 3.63) is 60.2 Å². The third-order valence-electron chi connectivity index (χ3n) is 2.47. The van der Waals surface area contributed by atoms with Crippen molar-refractivity contribution in [3.8, 4) is 11.5 Å². The van der Waals surface area contributed by atoms with Crippen LogP contribution in [0.2, 0.25) is 0 Å². The zero-order valence-electron chi connectivity index (χ0n) is 12.3. The van der Waals surface area contributed by atoms with E-state index < -0.39 is 12.0 Å². The Hall–Kier alpha value is -2.35. The van der Waals surface area contributed by atoms with Crippen LogP contribution in [-0.2, 0) is 11.2 Å². The van der Waals surface area contributed by atoms with Crippen LogP contribution in [0.15, 0.2) is 54.6 Å². The topological polar surface area (TPSA) is 124 Å². The van der Waals surface area contributed by atoms with Crippen molar-refractivity contribution in [1.82, 2.24) is 0 Å². The lowest BCUT2D eigenvalue weighted by atomic mass is 10.1. The van der Waals surface area contributed by atoms with Crippen molar-refractivity contribution in [2.24, 2.45) is 5.73 Å². The second-order valence-electron chi connectivity index (χ2n) is 4.15. The van der Waals surface area contributed by atoms with Crippen LogP contribution in [0.3, 0.4) is 0 Å². The maximum atomic E-state index is 10.4. The first-order valence-corrected chi connectivity index (χ1v) is 7.33. The van der Waals surface area contributed by atoms with E-state index >= 15 is 0 Å². The van der Waals surface area contributed by atoms with Crippen LogP contribution >= 0.6 is 0 Å². The van der Waals surface area contributed by atoms with Gasteiger partial charge in [-0.1, -0.05) is 30.3 Å². The minimum Gasteiger partial charge on any atom is -0.508 e. The van der Waals surface area contributed by atoms with Gasteiger partial charge in [-0.05, 0) is 36.2 Å². The summed E-state index contributed by atoms with van der Waals surface area (Å²) in [4.78, 5) is 17.5. The molecule has 6 N–H and O–H groups in total. The highest BCUT2D eigenvalue weighted by Gasteiger charge is 2.11. The highest BCUT2D eigenvalue weighted by molar-refractivity contribution is 5.95. The third kappa shape index (κ3) is 8.75. The monoisotopic (exact) mass is 323 g/mol. The maximum absolute atomic E-state index is 10.4. The molecule has 0 saturated heterocycles. The van der Waals surface area contributed by atoms with E-state index in [2.05, 4.69) is 0 Å². The number of hydrogen-bond donors (Lipinski definition) is 5. The summed E-state index contributed by atoms with van der Waals surface area (Å²) in [6, 6.07) is 14.1. The van der Waals surface area contributed by atoms with Gasteiger partial charge in [0, 0.05) is 0 Å². The Morgan fingerprint density at radius 3 is 1.77 bits per heavy atom. The summed E-state index contributed by atoms with van der Waals surface area (Å²) in [5.41, 5.74) is 6.12. The van der Waals surface area contributed by atoms with Gasteiger partial charge in [0.2, 0.25) is 0 Å². The van der Waals surface area contributed by atoms with E-state index in [1.165, 1.54) is 12.1 Å². The zero-order chi connectivity index (χ0) is 17.0. The molecule has 6 nitrogen and oxygen atoms in total. The fourth-order valence-electron chi connectivity index (χ4n) is 1.40. The number of carboxylic acid groups (broad SMARTS) is 1. The number of phenolic OH excluding ortho intramolecular Hbond substituents is 2. The quantitative estimate of drug-likeness (QED) is 0.506. The molecule has 1 unspecified atom stereocenters. The number of para-hydroxylation sites is 1. The van der Waals surface area contributed by atoms with Gasteiger partial charge < -0.3 is 25.8 Å². The number of aromatic hydroxyl groups is 2. The van der Waals surface area contributed by atoms with Gasteiger partial charge in [-0.3, -0.25) is 4.79 Å². The molecule has 7 heteroatoms. The highest BCUT2D eigenvalue weighted by Crippen LogP contribution is 2.10. The molecule has 1 atom stereocenters. The molecule has 0 aliphatic rings. The highest BCUT2D eigenvalue weighted by atomic mass is 28.2. The summed E-state index contributed by atoms with van der Waals surface area (Å²) in [6.45, 7) is 0. The van der Waals surface area contributed by atoms with Crippen molar-refractivity contribution in [1.29, 1.82) is 0 Å². The molecule has 0 aromatic heterocycles. The molecule has 2 aromatic rings. The molecule has 0 saturated carbocycles. The van der Waals surface area contributed by atoms with Crippen LogP contribution in [0.5, 0.6) is 11.5 Å². The second kappa shape index (κ2) is 11.3. The first-order valence-electron chi connectivity index (χ1n) is 6.44. The van der Waals surface area contributed by atoms with Crippen molar-refractivity contribution in [3.63, 3.8) is 0 Å². The Morgan fingerprint density at radius 1 is 0.955 bits per heavy atom. The first-order chi connectivity index (χ1) is 10.5. The number of carboxylic acids is 1. The molecule has 0 aliphatic heterocycles. The van der Waals surface area contributed by atoms with E-state index in [9.17, 15) is 4.79 Å². The second-order valence-corrected chi connectivity index (χ2v) is 4.15. The largest absolute Gasteiger partial charge is 0.508 e. The molecule has 0 amide bonds. The fourth-order valence-corrected chi connectivity index (χ4v) is 1.40. The number of nitrogens with two attached hydrogens (primary N) is 1. The van der Waals surface area contributed by atoms with Gasteiger partial charge in [0.15, 0.2) is 0 Å². The molecule has 0 heterocycles. The van der Waals surface area contributed by atoms with E-state index in [1.54, 1.807) is 36.4 Å². The zero-order valence-corrected chi connectivity index (χ0v) is 14.3.